The van der Waals surface area contributed by atoms with Gasteiger partial charge in [-0.25, -0.2) is 14.6 Å². The van der Waals surface area contributed by atoms with Crippen LogP contribution >= 0.6 is 23.2 Å². The third-order valence-corrected chi connectivity index (χ3v) is 4.40. The molecule has 0 amide bonds. The van der Waals surface area contributed by atoms with Gasteiger partial charge in [-0.1, -0.05) is 49.9 Å². The van der Waals surface area contributed by atoms with Gasteiger partial charge in [-0.15, -0.1) is 0 Å². The summed E-state index contributed by atoms with van der Waals surface area (Å²) in [6, 6.07) is 3.44. The van der Waals surface area contributed by atoms with Crippen LogP contribution in [-0.4, -0.2) is 35.1 Å². The molecule has 0 aromatic carbocycles. The molecule has 2 aromatic rings. The SMILES string of the molecule is CCCc1cc(CCC)c(C(=O)OCC)cn1.CCOC(=O)c1cnc(Cl)cc1Cl. The van der Waals surface area contributed by atoms with Crippen molar-refractivity contribution < 1.29 is 19.1 Å². The number of aromatic nitrogens is 2. The summed E-state index contributed by atoms with van der Waals surface area (Å²) in [6.45, 7) is 8.47. The van der Waals surface area contributed by atoms with Crippen LogP contribution in [0.1, 0.15) is 72.5 Å². The van der Waals surface area contributed by atoms with E-state index in [4.69, 9.17) is 32.7 Å². The number of carbonyl (C=O) groups excluding carboxylic acids is 2. The van der Waals surface area contributed by atoms with Crippen LogP contribution in [0.2, 0.25) is 10.2 Å². The van der Waals surface area contributed by atoms with Crippen molar-refractivity contribution in [3.8, 4) is 0 Å². The van der Waals surface area contributed by atoms with Crippen molar-refractivity contribution in [2.45, 2.75) is 53.4 Å². The van der Waals surface area contributed by atoms with Crippen molar-refractivity contribution in [2.75, 3.05) is 13.2 Å². The van der Waals surface area contributed by atoms with E-state index in [1.54, 1.807) is 13.1 Å². The highest BCUT2D eigenvalue weighted by Gasteiger charge is 2.13. The van der Waals surface area contributed by atoms with Gasteiger partial charge in [-0.3, -0.25) is 4.98 Å². The van der Waals surface area contributed by atoms with Gasteiger partial charge >= 0.3 is 11.9 Å². The van der Waals surface area contributed by atoms with Gasteiger partial charge < -0.3 is 9.47 Å². The number of hydrogen-bond acceptors (Lipinski definition) is 6. The van der Waals surface area contributed by atoms with E-state index in [1.165, 1.54) is 12.3 Å². The van der Waals surface area contributed by atoms with E-state index in [2.05, 4.69) is 23.8 Å². The standard InChI is InChI=1S/C14H21NO2.C8H7Cl2NO2/c1-4-7-11-9-12(8-5-2)15-10-13(11)14(16)17-6-3;1-2-13-8(12)5-4-11-7(10)3-6(5)9/h9-10H,4-8H2,1-3H3;3-4H,2H2,1H3. The van der Waals surface area contributed by atoms with Crippen LogP contribution in [0.4, 0.5) is 0 Å². The van der Waals surface area contributed by atoms with Gasteiger partial charge in [0.1, 0.15) is 5.15 Å². The molecule has 0 atom stereocenters. The molecule has 0 aliphatic carbocycles. The van der Waals surface area contributed by atoms with E-state index in [9.17, 15) is 9.59 Å². The maximum Gasteiger partial charge on any atom is 0.341 e. The van der Waals surface area contributed by atoms with Crippen molar-refractivity contribution in [1.82, 2.24) is 9.97 Å². The molecule has 0 fully saturated rings. The molecule has 0 spiro atoms. The lowest BCUT2D eigenvalue weighted by molar-refractivity contribution is 0.0515. The molecule has 0 saturated heterocycles. The Morgan fingerprint density at radius 3 is 1.93 bits per heavy atom. The van der Waals surface area contributed by atoms with E-state index in [0.717, 1.165) is 36.9 Å². The van der Waals surface area contributed by atoms with Gasteiger partial charge in [0.2, 0.25) is 0 Å². The molecule has 0 unspecified atom stereocenters. The zero-order valence-electron chi connectivity index (χ0n) is 17.8. The summed E-state index contributed by atoms with van der Waals surface area (Å²) in [5.41, 5.74) is 2.97. The minimum atomic E-state index is -0.489. The molecule has 0 bridgehead atoms. The van der Waals surface area contributed by atoms with Crippen molar-refractivity contribution >= 4 is 35.1 Å². The predicted molar refractivity (Wildman–Crippen MR) is 118 cm³/mol. The lowest BCUT2D eigenvalue weighted by Crippen LogP contribution is -2.10. The highest BCUT2D eigenvalue weighted by atomic mass is 35.5. The zero-order chi connectivity index (χ0) is 22.5. The maximum absolute atomic E-state index is 11.7. The third kappa shape index (κ3) is 8.28. The van der Waals surface area contributed by atoms with Crippen molar-refractivity contribution in [3.05, 3.63) is 57.1 Å². The van der Waals surface area contributed by atoms with E-state index < -0.39 is 5.97 Å². The van der Waals surface area contributed by atoms with Crippen LogP contribution in [0.15, 0.2) is 24.5 Å². The number of halogens is 2. The lowest BCUT2D eigenvalue weighted by atomic mass is 10.0. The highest BCUT2D eigenvalue weighted by Crippen LogP contribution is 2.19. The summed E-state index contributed by atoms with van der Waals surface area (Å²) in [6.07, 6.45) is 6.89. The fourth-order valence-electron chi connectivity index (χ4n) is 2.57. The molecular formula is C22H28Cl2N2O4. The Balaban J connectivity index is 0.000000311. The zero-order valence-corrected chi connectivity index (χ0v) is 19.3. The van der Waals surface area contributed by atoms with Gasteiger partial charge in [0.05, 0.1) is 29.4 Å². The lowest BCUT2D eigenvalue weighted by Gasteiger charge is -2.09. The summed E-state index contributed by atoms with van der Waals surface area (Å²) in [5.74, 6) is -0.747. The highest BCUT2D eigenvalue weighted by molar-refractivity contribution is 6.35. The second kappa shape index (κ2) is 13.9. The van der Waals surface area contributed by atoms with Gasteiger partial charge in [0.25, 0.3) is 0 Å². The molecule has 2 aromatic heterocycles. The predicted octanol–water partition coefficient (Wildman–Crippen LogP) is 5.73. The third-order valence-electron chi connectivity index (χ3n) is 3.88. The van der Waals surface area contributed by atoms with Gasteiger partial charge in [-0.2, -0.15) is 0 Å². The van der Waals surface area contributed by atoms with Crippen LogP contribution in [-0.2, 0) is 22.3 Å². The molecule has 2 heterocycles. The minimum Gasteiger partial charge on any atom is -0.462 e. The molecule has 2 rings (SSSR count). The number of carbonyl (C=O) groups is 2. The molecule has 0 N–H and O–H groups in total. The normalized spacial score (nSPS) is 10.1. The molecule has 0 aliphatic heterocycles. The molecule has 164 valence electrons. The summed E-state index contributed by atoms with van der Waals surface area (Å²) in [7, 11) is 0. The Hall–Kier alpha value is -2.18. The first-order valence-corrected chi connectivity index (χ1v) is 10.8. The van der Waals surface area contributed by atoms with E-state index in [0.29, 0.717) is 18.8 Å². The topological polar surface area (TPSA) is 78.4 Å². The van der Waals surface area contributed by atoms with E-state index >= 15 is 0 Å². The molecule has 8 heteroatoms. The first kappa shape index (κ1) is 25.9. The van der Waals surface area contributed by atoms with Crippen LogP contribution in [0.5, 0.6) is 0 Å². The summed E-state index contributed by atoms with van der Waals surface area (Å²) in [4.78, 5) is 31.0. The van der Waals surface area contributed by atoms with Gasteiger partial charge in [-0.05, 0) is 44.4 Å². The van der Waals surface area contributed by atoms with E-state index in [1.807, 2.05) is 13.0 Å². The molecule has 0 radical (unpaired) electrons. The second-order valence-corrected chi connectivity index (χ2v) is 7.06. The number of ether oxygens (including phenoxy) is 2. The molecule has 0 aliphatic rings. The first-order valence-electron chi connectivity index (χ1n) is 10.0. The minimum absolute atomic E-state index is 0.230. The molecular weight excluding hydrogens is 427 g/mol. The number of pyridine rings is 2. The molecule has 30 heavy (non-hydrogen) atoms. The average molecular weight is 455 g/mol. The maximum atomic E-state index is 11.7. The fraction of sp³-hybridized carbons (Fsp3) is 0.455. The molecule has 0 saturated carbocycles. The fourth-order valence-corrected chi connectivity index (χ4v) is 3.02. The number of esters is 2. The van der Waals surface area contributed by atoms with Crippen molar-refractivity contribution in [3.63, 3.8) is 0 Å². The summed E-state index contributed by atoms with van der Waals surface area (Å²) >= 11 is 11.3. The van der Waals surface area contributed by atoms with Crippen LogP contribution in [0.3, 0.4) is 0 Å². The Morgan fingerprint density at radius 1 is 0.833 bits per heavy atom. The Labute approximate surface area is 187 Å². The van der Waals surface area contributed by atoms with Crippen LogP contribution < -0.4 is 0 Å². The van der Waals surface area contributed by atoms with Crippen molar-refractivity contribution in [1.29, 1.82) is 0 Å². The van der Waals surface area contributed by atoms with Gasteiger partial charge in [0.15, 0.2) is 0 Å². The summed E-state index contributed by atoms with van der Waals surface area (Å²) < 4.78 is 9.78. The largest absolute Gasteiger partial charge is 0.462 e. The number of nitrogens with zero attached hydrogens (tertiary/aromatic N) is 2. The number of rotatable bonds is 8. The average Bonchev–Trinajstić information content (AvgIpc) is 2.69. The Kier molecular flexibility index (Phi) is 12.0. The monoisotopic (exact) mass is 454 g/mol. The summed E-state index contributed by atoms with van der Waals surface area (Å²) in [5, 5.41) is 0.497. The van der Waals surface area contributed by atoms with E-state index in [-0.39, 0.29) is 21.7 Å². The Morgan fingerprint density at radius 2 is 1.40 bits per heavy atom. The quantitative estimate of drug-likeness (QED) is 0.374. The van der Waals surface area contributed by atoms with Gasteiger partial charge in [0, 0.05) is 18.1 Å². The molecule has 6 nitrogen and oxygen atoms in total. The van der Waals surface area contributed by atoms with Crippen LogP contribution in [0, 0.1) is 0 Å². The number of aryl methyl sites for hydroxylation is 2. The Bertz CT molecular complexity index is 844. The van der Waals surface area contributed by atoms with Crippen LogP contribution in [0.25, 0.3) is 0 Å². The second-order valence-electron chi connectivity index (χ2n) is 6.26. The number of hydrogen-bond donors (Lipinski definition) is 0. The van der Waals surface area contributed by atoms with Crippen molar-refractivity contribution in [2.24, 2.45) is 0 Å². The first-order chi connectivity index (χ1) is 14.4. The smallest absolute Gasteiger partial charge is 0.341 e.